The van der Waals surface area contributed by atoms with Crippen LogP contribution in [0.15, 0.2) is 24.3 Å². The fourth-order valence-corrected chi connectivity index (χ4v) is 1.33. The number of carbonyl (C=O) groups is 2. The van der Waals surface area contributed by atoms with E-state index in [9.17, 15) is 18.4 Å². The third-order valence-corrected chi connectivity index (χ3v) is 2.06. The van der Waals surface area contributed by atoms with Crippen LogP contribution < -0.4 is 4.74 Å². The molecule has 0 atom stereocenters. The lowest BCUT2D eigenvalue weighted by molar-refractivity contribution is -0.150. The van der Waals surface area contributed by atoms with Crippen LogP contribution in [0, 0.1) is 0 Å². The van der Waals surface area contributed by atoms with Crippen LogP contribution >= 0.6 is 0 Å². The monoisotopic (exact) mass is 260 g/mol. The Labute approximate surface area is 101 Å². The predicted molar refractivity (Wildman–Crippen MR) is 56.0 cm³/mol. The molecule has 18 heavy (non-hydrogen) atoms. The summed E-state index contributed by atoms with van der Waals surface area (Å²) in [6, 6.07) is 5.08. The highest BCUT2D eigenvalue weighted by molar-refractivity contribution is 5.99. The second-order valence-corrected chi connectivity index (χ2v) is 3.38. The van der Waals surface area contributed by atoms with Crippen molar-refractivity contribution in [2.24, 2.45) is 0 Å². The lowest BCUT2D eigenvalue weighted by Gasteiger charge is -2.10. The first-order valence-corrected chi connectivity index (χ1v) is 4.88. The first kappa shape index (κ1) is 13.9. The summed E-state index contributed by atoms with van der Waals surface area (Å²) in [7, 11) is 0. The smallest absolute Gasteiger partial charge is 0.322 e. The van der Waals surface area contributed by atoms with Crippen molar-refractivity contribution < 1.29 is 33.3 Å². The van der Waals surface area contributed by atoms with Crippen molar-refractivity contribution in [2.75, 3.05) is 6.61 Å². The van der Waals surface area contributed by atoms with E-state index in [4.69, 9.17) is 10.2 Å². The summed E-state index contributed by atoms with van der Waals surface area (Å²) in [5.41, 5.74) is -0.0400. The van der Waals surface area contributed by atoms with Crippen molar-refractivity contribution in [3.05, 3.63) is 29.8 Å². The molecule has 0 saturated carbocycles. The minimum atomic E-state index is -2.66. The summed E-state index contributed by atoms with van der Waals surface area (Å²) in [6.45, 7) is -0.839. The largest absolute Gasteiger partial charge is 0.488 e. The van der Waals surface area contributed by atoms with E-state index in [0.717, 1.165) is 6.07 Å². The first-order valence-electron chi connectivity index (χ1n) is 4.88. The molecule has 1 aromatic rings. The maximum absolute atomic E-state index is 11.9. The maximum Gasteiger partial charge on any atom is 0.322 e. The molecule has 0 aliphatic rings. The molecule has 0 spiro atoms. The second kappa shape index (κ2) is 5.95. The van der Waals surface area contributed by atoms with Crippen molar-refractivity contribution in [2.45, 2.75) is 12.3 Å². The summed E-state index contributed by atoms with van der Waals surface area (Å²) in [5, 5.41) is 17.5. The minimum Gasteiger partial charge on any atom is -0.488 e. The van der Waals surface area contributed by atoms with Crippen LogP contribution in [-0.4, -0.2) is 35.2 Å². The summed E-state index contributed by atoms with van der Waals surface area (Å²) < 4.78 is 28.5. The van der Waals surface area contributed by atoms with Gasteiger partial charge in [0.25, 0.3) is 6.43 Å². The number of ether oxygens (including phenoxy) is 1. The summed E-state index contributed by atoms with van der Waals surface area (Å²) in [5.74, 6) is -4.82. The zero-order valence-electron chi connectivity index (χ0n) is 9.05. The fraction of sp³-hybridized carbons (Fsp3) is 0.273. The number of halogens is 2. The number of aliphatic carboxylic acids is 2. The standard InChI is InChI=1S/C11H10F2O5/c12-8(13)5-18-7-3-1-2-6(4-7)9(10(14)15)11(16)17/h1-4,8-9H,5H2,(H,14,15)(H,16,17). The van der Waals surface area contributed by atoms with Crippen molar-refractivity contribution in [3.63, 3.8) is 0 Å². The zero-order valence-corrected chi connectivity index (χ0v) is 9.05. The van der Waals surface area contributed by atoms with E-state index < -0.39 is 30.9 Å². The van der Waals surface area contributed by atoms with Gasteiger partial charge in [0.05, 0.1) is 0 Å². The molecule has 0 amide bonds. The van der Waals surface area contributed by atoms with Crippen molar-refractivity contribution >= 4 is 11.9 Å². The third-order valence-electron chi connectivity index (χ3n) is 2.06. The number of carboxylic acid groups (broad SMARTS) is 2. The van der Waals surface area contributed by atoms with E-state index in [1.807, 2.05) is 0 Å². The Morgan fingerprint density at radius 1 is 1.22 bits per heavy atom. The lowest BCUT2D eigenvalue weighted by Crippen LogP contribution is -2.21. The highest BCUT2D eigenvalue weighted by Crippen LogP contribution is 2.22. The number of hydrogen-bond donors (Lipinski definition) is 2. The van der Waals surface area contributed by atoms with E-state index in [1.165, 1.54) is 18.2 Å². The van der Waals surface area contributed by atoms with Crippen LogP contribution in [0.1, 0.15) is 11.5 Å². The van der Waals surface area contributed by atoms with Crippen molar-refractivity contribution in [1.82, 2.24) is 0 Å². The van der Waals surface area contributed by atoms with E-state index in [-0.39, 0.29) is 11.3 Å². The zero-order chi connectivity index (χ0) is 13.7. The van der Waals surface area contributed by atoms with Crippen molar-refractivity contribution in [3.8, 4) is 5.75 Å². The molecule has 0 unspecified atom stereocenters. The van der Waals surface area contributed by atoms with Gasteiger partial charge in [0.1, 0.15) is 12.4 Å². The normalized spacial score (nSPS) is 10.7. The summed E-state index contributed by atoms with van der Waals surface area (Å²) in [6.07, 6.45) is -2.66. The average Bonchev–Trinajstić information content (AvgIpc) is 2.26. The van der Waals surface area contributed by atoms with E-state index >= 15 is 0 Å². The Morgan fingerprint density at radius 3 is 2.33 bits per heavy atom. The highest BCUT2D eigenvalue weighted by atomic mass is 19.3. The molecule has 0 aliphatic carbocycles. The van der Waals surface area contributed by atoms with E-state index in [1.54, 1.807) is 0 Å². The van der Waals surface area contributed by atoms with Crippen LogP contribution in [0.2, 0.25) is 0 Å². The molecule has 0 heterocycles. The molecule has 5 nitrogen and oxygen atoms in total. The van der Waals surface area contributed by atoms with Gasteiger partial charge in [-0.25, -0.2) is 8.78 Å². The number of hydrogen-bond acceptors (Lipinski definition) is 3. The van der Waals surface area contributed by atoms with Gasteiger partial charge in [0, 0.05) is 0 Å². The SMILES string of the molecule is O=C(O)C(C(=O)O)c1cccc(OCC(F)F)c1. The maximum atomic E-state index is 11.9. The van der Waals surface area contributed by atoms with Gasteiger partial charge in [0.15, 0.2) is 5.92 Å². The van der Waals surface area contributed by atoms with Gasteiger partial charge in [-0.15, -0.1) is 0 Å². The number of rotatable bonds is 6. The quantitative estimate of drug-likeness (QED) is 0.759. The van der Waals surface area contributed by atoms with Gasteiger partial charge in [-0.05, 0) is 17.7 Å². The Kier molecular flexibility index (Phi) is 4.59. The summed E-state index contributed by atoms with van der Waals surface area (Å²) in [4.78, 5) is 21.6. The molecular weight excluding hydrogens is 250 g/mol. The molecule has 0 bridgehead atoms. The van der Waals surface area contributed by atoms with Crippen LogP contribution in [0.25, 0.3) is 0 Å². The first-order chi connectivity index (χ1) is 8.41. The van der Waals surface area contributed by atoms with Gasteiger partial charge in [0.2, 0.25) is 0 Å². The highest BCUT2D eigenvalue weighted by Gasteiger charge is 2.28. The Morgan fingerprint density at radius 2 is 1.83 bits per heavy atom. The van der Waals surface area contributed by atoms with Gasteiger partial charge in [-0.3, -0.25) is 9.59 Å². The average molecular weight is 260 g/mol. The van der Waals surface area contributed by atoms with Gasteiger partial charge < -0.3 is 14.9 Å². The molecule has 98 valence electrons. The van der Waals surface area contributed by atoms with Gasteiger partial charge >= 0.3 is 11.9 Å². The Balaban J connectivity index is 2.92. The molecule has 0 saturated heterocycles. The molecule has 2 N–H and O–H groups in total. The molecule has 7 heteroatoms. The van der Waals surface area contributed by atoms with E-state index in [0.29, 0.717) is 0 Å². The molecule has 0 aromatic heterocycles. The number of alkyl halides is 2. The number of carboxylic acids is 2. The molecule has 0 aliphatic heterocycles. The van der Waals surface area contributed by atoms with Gasteiger partial charge in [-0.2, -0.15) is 0 Å². The third kappa shape index (κ3) is 3.69. The Bertz CT molecular complexity index is 433. The molecule has 0 radical (unpaired) electrons. The predicted octanol–water partition coefficient (Wildman–Crippen LogP) is 1.58. The Hall–Kier alpha value is -2.18. The van der Waals surface area contributed by atoms with Crippen LogP contribution in [0.4, 0.5) is 8.78 Å². The van der Waals surface area contributed by atoms with E-state index in [2.05, 4.69) is 4.74 Å². The number of benzene rings is 1. The van der Waals surface area contributed by atoms with Crippen LogP contribution in [-0.2, 0) is 9.59 Å². The second-order valence-electron chi connectivity index (χ2n) is 3.38. The van der Waals surface area contributed by atoms with Crippen molar-refractivity contribution in [1.29, 1.82) is 0 Å². The van der Waals surface area contributed by atoms with Crippen LogP contribution in [0.5, 0.6) is 5.75 Å². The van der Waals surface area contributed by atoms with Crippen LogP contribution in [0.3, 0.4) is 0 Å². The molecular formula is C11H10F2O5. The lowest BCUT2D eigenvalue weighted by atomic mass is 9.99. The minimum absolute atomic E-state index is 0.000278. The van der Waals surface area contributed by atoms with Gasteiger partial charge in [-0.1, -0.05) is 12.1 Å². The molecule has 1 rings (SSSR count). The summed E-state index contributed by atoms with van der Waals surface area (Å²) >= 11 is 0. The fourth-order valence-electron chi connectivity index (χ4n) is 1.33. The molecule has 1 aromatic carbocycles. The molecule has 0 fully saturated rings. The topological polar surface area (TPSA) is 83.8 Å².